The second kappa shape index (κ2) is 4.37. The maximum absolute atomic E-state index is 11.2. The zero-order chi connectivity index (χ0) is 10.8. The highest BCUT2D eigenvalue weighted by Crippen LogP contribution is 2.24. The lowest BCUT2D eigenvalue weighted by atomic mass is 10.3. The van der Waals surface area contributed by atoms with Crippen molar-refractivity contribution >= 4 is 44.5 Å². The van der Waals surface area contributed by atoms with Crippen LogP contribution < -0.4 is 5.32 Å². The lowest BCUT2D eigenvalue weighted by Crippen LogP contribution is -2.23. The van der Waals surface area contributed by atoms with E-state index in [-0.39, 0.29) is 11.2 Å². The predicted molar refractivity (Wildman–Crippen MR) is 66.4 cm³/mol. The average Bonchev–Trinajstić information content (AvgIpc) is 2.45. The van der Waals surface area contributed by atoms with Gasteiger partial charge in [-0.05, 0) is 25.1 Å². The van der Waals surface area contributed by atoms with Crippen LogP contribution >= 0.6 is 27.7 Å². The van der Waals surface area contributed by atoms with Gasteiger partial charge in [0.05, 0.1) is 10.9 Å². The van der Waals surface area contributed by atoms with E-state index in [0.717, 1.165) is 10.2 Å². The van der Waals surface area contributed by atoms with Crippen molar-refractivity contribution in [3.8, 4) is 0 Å². The van der Waals surface area contributed by atoms with Crippen LogP contribution in [-0.4, -0.2) is 16.3 Å². The Morgan fingerprint density at radius 2 is 2.33 bits per heavy atom. The Kier molecular flexibility index (Phi) is 3.11. The summed E-state index contributed by atoms with van der Waals surface area (Å²) in [5, 5.41) is 3.36. The fraction of sp³-hybridized carbons (Fsp3) is 0.200. The Balaban J connectivity index is 2.21. The molecular weight excluding hydrogens is 276 g/mol. The number of carbonyl (C=O) groups is 1. The van der Waals surface area contributed by atoms with Crippen molar-refractivity contribution in [3.05, 3.63) is 28.7 Å². The van der Waals surface area contributed by atoms with Crippen molar-refractivity contribution in [2.75, 3.05) is 0 Å². The molecule has 1 amide bonds. The van der Waals surface area contributed by atoms with Gasteiger partial charge in [0.1, 0.15) is 0 Å². The van der Waals surface area contributed by atoms with Gasteiger partial charge in [-0.3, -0.25) is 4.79 Å². The molecule has 0 bridgehead atoms. The van der Waals surface area contributed by atoms with E-state index in [0.29, 0.717) is 5.17 Å². The number of amidine groups is 1. The summed E-state index contributed by atoms with van der Waals surface area (Å²) in [6.07, 6.45) is 0. The molecule has 1 aliphatic rings. The largest absolute Gasteiger partial charge is 0.304 e. The van der Waals surface area contributed by atoms with Crippen LogP contribution in [0.1, 0.15) is 6.92 Å². The number of aliphatic imine (C=N–C) groups is 1. The number of rotatable bonds is 1. The number of benzene rings is 1. The van der Waals surface area contributed by atoms with Crippen molar-refractivity contribution in [1.29, 1.82) is 0 Å². The first-order chi connectivity index (χ1) is 7.15. The first kappa shape index (κ1) is 10.7. The van der Waals surface area contributed by atoms with Crippen molar-refractivity contribution < 1.29 is 4.79 Å². The van der Waals surface area contributed by atoms with Crippen LogP contribution in [0.15, 0.2) is 33.7 Å². The number of thioether (sulfide) groups is 1. The van der Waals surface area contributed by atoms with Crippen molar-refractivity contribution in [1.82, 2.24) is 5.32 Å². The summed E-state index contributed by atoms with van der Waals surface area (Å²) in [7, 11) is 0. The number of carbonyl (C=O) groups excluding carboxylic acids is 1. The molecule has 78 valence electrons. The zero-order valence-corrected chi connectivity index (χ0v) is 10.4. The number of nitrogens with one attached hydrogen (secondary N) is 1. The summed E-state index contributed by atoms with van der Waals surface area (Å²) >= 11 is 4.82. The van der Waals surface area contributed by atoms with Crippen molar-refractivity contribution in [3.63, 3.8) is 0 Å². The van der Waals surface area contributed by atoms with E-state index in [4.69, 9.17) is 0 Å². The van der Waals surface area contributed by atoms with E-state index in [9.17, 15) is 4.79 Å². The van der Waals surface area contributed by atoms with E-state index >= 15 is 0 Å². The Bertz CT molecular complexity index is 433. The van der Waals surface area contributed by atoms with E-state index < -0.39 is 0 Å². The molecule has 1 unspecified atom stereocenters. The summed E-state index contributed by atoms with van der Waals surface area (Å²) in [5.41, 5.74) is 0.835. The minimum atomic E-state index is -0.0455. The summed E-state index contributed by atoms with van der Waals surface area (Å²) in [5.74, 6) is 0.0220. The molecule has 0 aliphatic carbocycles. The van der Waals surface area contributed by atoms with Gasteiger partial charge in [-0.1, -0.05) is 33.8 Å². The van der Waals surface area contributed by atoms with Gasteiger partial charge in [0.25, 0.3) is 0 Å². The molecule has 2 rings (SSSR count). The van der Waals surface area contributed by atoms with Gasteiger partial charge in [-0.25, -0.2) is 4.99 Å². The molecule has 1 fully saturated rings. The van der Waals surface area contributed by atoms with E-state index in [1.54, 1.807) is 0 Å². The molecular formula is C10H9BrN2OS. The Hall–Kier alpha value is -0.810. The van der Waals surface area contributed by atoms with Gasteiger partial charge in [-0.2, -0.15) is 0 Å². The maximum Gasteiger partial charge on any atom is 0.239 e. The fourth-order valence-corrected chi connectivity index (χ4v) is 2.38. The first-order valence-corrected chi connectivity index (χ1v) is 6.14. The SMILES string of the molecule is CC1SC(=Nc2cccc(Br)c2)NC1=O. The lowest BCUT2D eigenvalue weighted by Gasteiger charge is -1.97. The molecule has 1 atom stereocenters. The van der Waals surface area contributed by atoms with Crippen molar-refractivity contribution in [2.45, 2.75) is 12.2 Å². The van der Waals surface area contributed by atoms with Crippen LogP contribution in [0.25, 0.3) is 0 Å². The van der Waals surface area contributed by atoms with Crippen molar-refractivity contribution in [2.24, 2.45) is 4.99 Å². The number of halogens is 1. The predicted octanol–water partition coefficient (Wildman–Crippen LogP) is 2.69. The quantitative estimate of drug-likeness (QED) is 0.862. The van der Waals surface area contributed by atoms with Crippen LogP contribution in [0, 0.1) is 0 Å². The summed E-state index contributed by atoms with van der Waals surface area (Å²) < 4.78 is 0.978. The second-order valence-corrected chi connectivity index (χ2v) is 5.39. The smallest absolute Gasteiger partial charge is 0.239 e. The number of hydrogen-bond acceptors (Lipinski definition) is 3. The highest BCUT2D eigenvalue weighted by Gasteiger charge is 2.25. The van der Waals surface area contributed by atoms with Crippen LogP contribution in [0.3, 0.4) is 0 Å². The van der Waals surface area contributed by atoms with Crippen LogP contribution in [0.5, 0.6) is 0 Å². The third-order valence-electron chi connectivity index (χ3n) is 1.93. The number of hydrogen-bond donors (Lipinski definition) is 1. The van der Waals surface area contributed by atoms with Crippen LogP contribution in [0.2, 0.25) is 0 Å². The van der Waals surface area contributed by atoms with E-state index in [2.05, 4.69) is 26.2 Å². The van der Waals surface area contributed by atoms with Gasteiger partial charge in [-0.15, -0.1) is 0 Å². The average molecular weight is 285 g/mol. The van der Waals surface area contributed by atoms with Gasteiger partial charge in [0.15, 0.2) is 5.17 Å². The van der Waals surface area contributed by atoms with E-state index in [1.807, 2.05) is 31.2 Å². The zero-order valence-electron chi connectivity index (χ0n) is 8.03. The van der Waals surface area contributed by atoms with Gasteiger partial charge in [0.2, 0.25) is 5.91 Å². The molecule has 1 aromatic rings. The molecule has 0 aromatic heterocycles. The number of amides is 1. The minimum Gasteiger partial charge on any atom is -0.304 e. The van der Waals surface area contributed by atoms with E-state index in [1.165, 1.54) is 11.8 Å². The molecule has 1 saturated heterocycles. The molecule has 0 saturated carbocycles. The van der Waals surface area contributed by atoms with Gasteiger partial charge < -0.3 is 5.32 Å². The topological polar surface area (TPSA) is 41.5 Å². The lowest BCUT2D eigenvalue weighted by molar-refractivity contribution is -0.118. The Morgan fingerprint density at radius 1 is 1.53 bits per heavy atom. The molecule has 1 aliphatic heterocycles. The first-order valence-electron chi connectivity index (χ1n) is 4.47. The normalized spacial score (nSPS) is 23.2. The summed E-state index contributed by atoms with van der Waals surface area (Å²) in [6.45, 7) is 1.86. The highest BCUT2D eigenvalue weighted by molar-refractivity contribution is 9.10. The van der Waals surface area contributed by atoms with Gasteiger partial charge in [0, 0.05) is 4.47 Å². The minimum absolute atomic E-state index is 0.0220. The summed E-state index contributed by atoms with van der Waals surface area (Å²) in [4.78, 5) is 15.6. The maximum atomic E-state index is 11.2. The highest BCUT2D eigenvalue weighted by atomic mass is 79.9. The molecule has 0 spiro atoms. The molecule has 15 heavy (non-hydrogen) atoms. The third kappa shape index (κ3) is 2.60. The Labute approximate surface area is 100 Å². The molecule has 1 heterocycles. The monoisotopic (exact) mass is 284 g/mol. The molecule has 1 N–H and O–H groups in total. The fourth-order valence-electron chi connectivity index (χ4n) is 1.17. The Morgan fingerprint density at radius 3 is 2.93 bits per heavy atom. The molecule has 1 aromatic carbocycles. The molecule has 5 heteroatoms. The van der Waals surface area contributed by atoms with Crippen LogP contribution in [0.4, 0.5) is 5.69 Å². The third-order valence-corrected chi connectivity index (χ3v) is 3.40. The molecule has 0 radical (unpaired) electrons. The molecule has 3 nitrogen and oxygen atoms in total. The standard InChI is InChI=1S/C10H9BrN2OS/c1-6-9(14)13-10(15-6)12-8-4-2-3-7(11)5-8/h2-6H,1H3,(H,12,13,14). The van der Waals surface area contributed by atoms with Gasteiger partial charge >= 0.3 is 0 Å². The summed E-state index contributed by atoms with van der Waals surface area (Å²) in [6, 6.07) is 7.65. The second-order valence-electron chi connectivity index (χ2n) is 3.15. The number of nitrogens with zero attached hydrogens (tertiary/aromatic N) is 1. The van der Waals surface area contributed by atoms with Crippen LogP contribution in [-0.2, 0) is 4.79 Å².